The van der Waals surface area contributed by atoms with E-state index >= 15 is 0 Å². The molecule has 0 radical (unpaired) electrons. The van der Waals surface area contributed by atoms with E-state index in [1.807, 2.05) is 0 Å². The zero-order valence-electron chi connectivity index (χ0n) is 9.68. The Morgan fingerprint density at radius 2 is 1.89 bits per heavy atom. The number of fused-ring (bicyclic) bond motifs is 3. The summed E-state index contributed by atoms with van der Waals surface area (Å²) in [4.78, 5) is 0. The molecule has 1 heterocycles. The molecular weight excluding hydrogens is 220 g/mol. The summed E-state index contributed by atoms with van der Waals surface area (Å²) in [5.41, 5.74) is 6.15. The molecule has 1 heteroatoms. The van der Waals surface area contributed by atoms with Crippen molar-refractivity contribution in [1.82, 2.24) is 0 Å². The van der Waals surface area contributed by atoms with Crippen LogP contribution in [0.1, 0.15) is 11.1 Å². The van der Waals surface area contributed by atoms with E-state index in [0.29, 0.717) is 0 Å². The van der Waals surface area contributed by atoms with Crippen molar-refractivity contribution < 1.29 is 4.74 Å². The first-order valence-corrected chi connectivity index (χ1v) is 6.22. The molecular formula is C17H10O. The average Bonchev–Trinajstić information content (AvgIpc) is 2.90. The van der Waals surface area contributed by atoms with Gasteiger partial charge in [-0.2, -0.15) is 0 Å². The Labute approximate surface area is 105 Å². The molecule has 1 nitrogen and oxygen atoms in total. The molecule has 0 amide bonds. The number of epoxide rings is 1. The normalized spacial score (nSPS) is 28.7. The van der Waals surface area contributed by atoms with Crippen LogP contribution in [0.5, 0.6) is 0 Å². The molecule has 3 aliphatic carbocycles. The van der Waals surface area contributed by atoms with Crippen LogP contribution in [0.4, 0.5) is 0 Å². The molecule has 84 valence electrons. The van der Waals surface area contributed by atoms with E-state index in [9.17, 15) is 0 Å². The summed E-state index contributed by atoms with van der Waals surface area (Å²) in [6.45, 7) is 0. The van der Waals surface area contributed by atoms with Gasteiger partial charge in [-0.3, -0.25) is 0 Å². The minimum absolute atomic E-state index is 0.262. The number of rotatable bonds is 0. The molecule has 4 aliphatic rings. The predicted octanol–water partition coefficient (Wildman–Crippen LogP) is 3.63. The molecule has 1 fully saturated rings. The smallest absolute Gasteiger partial charge is 0.216 e. The van der Waals surface area contributed by atoms with Gasteiger partial charge in [0.25, 0.3) is 0 Å². The van der Waals surface area contributed by atoms with Crippen molar-refractivity contribution in [3.8, 4) is 0 Å². The summed E-state index contributed by atoms with van der Waals surface area (Å²) in [5, 5.41) is 0. The summed E-state index contributed by atoms with van der Waals surface area (Å²) < 4.78 is 6.01. The van der Waals surface area contributed by atoms with Gasteiger partial charge in [0.2, 0.25) is 5.60 Å². The summed E-state index contributed by atoms with van der Waals surface area (Å²) in [7, 11) is 0. The maximum Gasteiger partial charge on any atom is 0.216 e. The fourth-order valence-corrected chi connectivity index (χ4v) is 3.27. The Balaban J connectivity index is 1.86. The number of hydrogen-bond donors (Lipinski definition) is 0. The molecule has 1 atom stereocenters. The molecule has 18 heavy (non-hydrogen) atoms. The van der Waals surface area contributed by atoms with Gasteiger partial charge >= 0.3 is 0 Å². The van der Waals surface area contributed by atoms with E-state index in [0.717, 1.165) is 5.76 Å². The fourth-order valence-electron chi connectivity index (χ4n) is 3.27. The van der Waals surface area contributed by atoms with Crippen molar-refractivity contribution in [3.63, 3.8) is 0 Å². The lowest BCUT2D eigenvalue weighted by atomic mass is 9.75. The van der Waals surface area contributed by atoms with Crippen LogP contribution in [0, 0.1) is 0 Å². The van der Waals surface area contributed by atoms with Crippen molar-refractivity contribution in [1.29, 1.82) is 0 Å². The largest absolute Gasteiger partial charge is 0.469 e. The summed E-state index contributed by atoms with van der Waals surface area (Å²) in [5.74, 6) is 1.09. The van der Waals surface area contributed by atoms with E-state index in [2.05, 4.69) is 60.7 Å². The monoisotopic (exact) mass is 230 g/mol. The van der Waals surface area contributed by atoms with Crippen LogP contribution >= 0.6 is 0 Å². The van der Waals surface area contributed by atoms with Gasteiger partial charge in [-0.15, -0.1) is 0 Å². The van der Waals surface area contributed by atoms with Crippen LogP contribution in [-0.2, 0) is 4.74 Å². The quantitative estimate of drug-likeness (QED) is 0.620. The van der Waals surface area contributed by atoms with E-state index in [-0.39, 0.29) is 5.60 Å². The highest BCUT2D eigenvalue weighted by Crippen LogP contribution is 2.63. The average molecular weight is 230 g/mol. The molecule has 0 saturated carbocycles. The predicted molar refractivity (Wildman–Crippen MR) is 71.5 cm³/mol. The maximum absolute atomic E-state index is 6.01. The van der Waals surface area contributed by atoms with Crippen LogP contribution in [0.2, 0.25) is 0 Å². The van der Waals surface area contributed by atoms with Gasteiger partial charge < -0.3 is 4.74 Å². The summed E-state index contributed by atoms with van der Waals surface area (Å²) in [6.07, 6.45) is 13.0. The topological polar surface area (TPSA) is 12.5 Å². The molecule has 1 saturated heterocycles. The fraction of sp³-hybridized carbons (Fsp3) is 0.0588. The van der Waals surface area contributed by atoms with Crippen LogP contribution in [0.15, 0.2) is 71.6 Å². The third-order valence-electron chi connectivity index (χ3n) is 4.14. The maximum atomic E-state index is 6.01. The van der Waals surface area contributed by atoms with Gasteiger partial charge in [0.15, 0.2) is 5.76 Å². The van der Waals surface area contributed by atoms with Crippen molar-refractivity contribution in [2.45, 2.75) is 5.60 Å². The summed E-state index contributed by atoms with van der Waals surface area (Å²) >= 11 is 0. The van der Waals surface area contributed by atoms with Gasteiger partial charge in [-0.25, -0.2) is 0 Å². The molecule has 0 N–H and O–H groups in total. The lowest BCUT2D eigenvalue weighted by molar-refractivity contribution is 0.408. The minimum atomic E-state index is -0.262. The molecule has 0 bridgehead atoms. The first kappa shape index (κ1) is 8.76. The Morgan fingerprint density at radius 1 is 0.944 bits per heavy atom. The van der Waals surface area contributed by atoms with E-state index < -0.39 is 0 Å². The van der Waals surface area contributed by atoms with Gasteiger partial charge in [-0.1, -0.05) is 54.6 Å². The van der Waals surface area contributed by atoms with Crippen molar-refractivity contribution >= 4 is 11.6 Å². The first-order chi connectivity index (χ1) is 8.89. The number of allylic oxidation sites excluding steroid dienone is 5. The first-order valence-electron chi connectivity index (χ1n) is 6.22. The molecule has 1 unspecified atom stereocenters. The number of benzene rings is 1. The Bertz CT molecular complexity index is 756. The van der Waals surface area contributed by atoms with Gasteiger partial charge in [0, 0.05) is 11.1 Å². The third kappa shape index (κ3) is 0.799. The number of hydrogen-bond acceptors (Lipinski definition) is 1. The zero-order valence-corrected chi connectivity index (χ0v) is 9.68. The highest BCUT2D eigenvalue weighted by atomic mass is 16.6. The standard InChI is InChI=1S/C17H10O/c1-2-6-13-12(4-1)10-16-17(18-16)14-7-3-5-11(14)8-9-15(13)17/h1-10H. The van der Waals surface area contributed by atoms with E-state index in [4.69, 9.17) is 4.74 Å². The molecule has 1 aromatic carbocycles. The number of ether oxygens (including phenoxy) is 1. The van der Waals surface area contributed by atoms with Gasteiger partial charge in [0.1, 0.15) is 0 Å². The van der Waals surface area contributed by atoms with Crippen molar-refractivity contribution in [2.75, 3.05) is 0 Å². The van der Waals surface area contributed by atoms with Crippen LogP contribution in [0.25, 0.3) is 11.6 Å². The lowest BCUT2D eigenvalue weighted by Gasteiger charge is -2.24. The van der Waals surface area contributed by atoms with Gasteiger partial charge in [0.05, 0.1) is 0 Å². The summed E-state index contributed by atoms with van der Waals surface area (Å²) in [6, 6.07) is 8.50. The third-order valence-corrected chi connectivity index (χ3v) is 4.14. The Kier molecular flexibility index (Phi) is 1.26. The molecule has 0 aromatic heterocycles. The van der Waals surface area contributed by atoms with Gasteiger partial charge in [-0.05, 0) is 22.8 Å². The van der Waals surface area contributed by atoms with Crippen LogP contribution in [0.3, 0.4) is 0 Å². The highest BCUT2D eigenvalue weighted by Gasteiger charge is 2.62. The molecule has 1 aliphatic heterocycles. The van der Waals surface area contributed by atoms with Crippen molar-refractivity contribution in [3.05, 3.63) is 82.7 Å². The Morgan fingerprint density at radius 3 is 2.89 bits per heavy atom. The van der Waals surface area contributed by atoms with Crippen LogP contribution < -0.4 is 0 Å². The Hall–Kier alpha value is -2.28. The SMILES string of the molecule is C1=CC2=CC=C3c4ccccc4C=C4OC43C2=C1. The van der Waals surface area contributed by atoms with E-state index in [1.165, 1.54) is 27.8 Å². The van der Waals surface area contributed by atoms with Crippen LogP contribution in [-0.4, -0.2) is 5.60 Å². The minimum Gasteiger partial charge on any atom is -0.469 e. The molecule has 5 rings (SSSR count). The highest BCUT2D eigenvalue weighted by molar-refractivity contribution is 5.97. The van der Waals surface area contributed by atoms with E-state index in [1.54, 1.807) is 0 Å². The second-order valence-electron chi connectivity index (χ2n) is 5.02. The zero-order chi connectivity index (χ0) is 11.7. The molecule has 1 aromatic rings. The van der Waals surface area contributed by atoms with Crippen molar-refractivity contribution in [2.24, 2.45) is 0 Å². The second kappa shape index (κ2) is 2.59. The lowest BCUT2D eigenvalue weighted by Crippen LogP contribution is -2.21. The molecule has 1 spiro atoms. The second-order valence-corrected chi connectivity index (χ2v) is 5.02.